The first kappa shape index (κ1) is 27.0. The Kier molecular flexibility index (Phi) is 8.64. The third-order valence-corrected chi connectivity index (χ3v) is 8.13. The van der Waals surface area contributed by atoms with Gasteiger partial charge in [0.15, 0.2) is 5.82 Å². The number of urea groups is 1. The summed E-state index contributed by atoms with van der Waals surface area (Å²) in [5.41, 5.74) is 16.2. The lowest BCUT2D eigenvalue weighted by Crippen LogP contribution is -2.41. The first-order chi connectivity index (χ1) is 19.0. The van der Waals surface area contributed by atoms with E-state index in [1.807, 2.05) is 24.3 Å². The molecular formula is C30H35ClN6O2. The molecule has 0 radical (unpaired) electrons. The number of nitrogens with zero attached hydrogens (tertiary/aromatic N) is 1. The quantitative estimate of drug-likeness (QED) is 0.274. The Morgan fingerprint density at radius 3 is 2.31 bits per heavy atom. The van der Waals surface area contributed by atoms with Gasteiger partial charge in [0.25, 0.3) is 5.91 Å². The topological polar surface area (TPSA) is 121 Å². The molecule has 39 heavy (non-hydrogen) atoms. The smallest absolute Gasteiger partial charge is 0.334 e. The summed E-state index contributed by atoms with van der Waals surface area (Å²) in [5.74, 6) is 1.01. The number of nitrogens with two attached hydrogens (primary N) is 1. The van der Waals surface area contributed by atoms with E-state index in [0.29, 0.717) is 30.5 Å². The van der Waals surface area contributed by atoms with Crippen LogP contribution in [0.4, 0.5) is 10.6 Å². The number of nitrogens with one attached hydrogen (secondary N) is 4. The number of pyridine rings is 1. The number of aryl methyl sites for hydroxylation is 2. The number of carbonyl (C=O) groups is 2. The fourth-order valence-electron chi connectivity index (χ4n) is 5.76. The first-order valence-electron chi connectivity index (χ1n) is 13.6. The number of carbonyl (C=O) groups excluding carboxylic acids is 2. The molecule has 0 bridgehead atoms. The van der Waals surface area contributed by atoms with Gasteiger partial charge >= 0.3 is 6.03 Å². The minimum absolute atomic E-state index is 0.220. The van der Waals surface area contributed by atoms with E-state index in [1.165, 1.54) is 23.7 Å². The maximum Gasteiger partial charge on any atom is 0.334 e. The van der Waals surface area contributed by atoms with Crippen LogP contribution in [0.5, 0.6) is 0 Å². The van der Waals surface area contributed by atoms with Crippen LogP contribution >= 0.6 is 11.6 Å². The van der Waals surface area contributed by atoms with Crippen LogP contribution in [0.1, 0.15) is 64.3 Å². The van der Waals surface area contributed by atoms with Crippen molar-refractivity contribution in [3.63, 3.8) is 0 Å². The predicted octanol–water partition coefficient (Wildman–Crippen LogP) is 4.74. The summed E-state index contributed by atoms with van der Waals surface area (Å²) in [4.78, 5) is 29.9. The first-order valence-corrected chi connectivity index (χ1v) is 14.0. The molecule has 2 aliphatic rings. The van der Waals surface area contributed by atoms with Crippen LogP contribution in [0.25, 0.3) is 0 Å². The van der Waals surface area contributed by atoms with Gasteiger partial charge in [0.05, 0.1) is 16.6 Å². The van der Waals surface area contributed by atoms with Crippen LogP contribution in [0.15, 0.2) is 60.8 Å². The van der Waals surface area contributed by atoms with Gasteiger partial charge in [0, 0.05) is 12.7 Å². The van der Waals surface area contributed by atoms with Gasteiger partial charge in [-0.2, -0.15) is 0 Å². The van der Waals surface area contributed by atoms with Gasteiger partial charge in [-0.15, -0.1) is 0 Å². The van der Waals surface area contributed by atoms with Crippen molar-refractivity contribution in [2.45, 2.75) is 44.6 Å². The second kappa shape index (κ2) is 12.5. The molecule has 204 valence electrons. The highest BCUT2D eigenvalue weighted by atomic mass is 35.5. The predicted molar refractivity (Wildman–Crippen MR) is 154 cm³/mol. The molecule has 2 aromatic carbocycles. The minimum Gasteiger partial charge on any atom is -0.352 e. The molecule has 1 heterocycles. The van der Waals surface area contributed by atoms with Gasteiger partial charge in [0.2, 0.25) is 0 Å². The summed E-state index contributed by atoms with van der Waals surface area (Å²) < 4.78 is 0. The zero-order valence-electron chi connectivity index (χ0n) is 21.9. The number of amides is 3. The molecule has 2 atom stereocenters. The number of rotatable bonds is 7. The van der Waals surface area contributed by atoms with Gasteiger partial charge in [0.1, 0.15) is 0 Å². The van der Waals surface area contributed by atoms with E-state index >= 15 is 0 Å². The lowest BCUT2D eigenvalue weighted by atomic mass is 9.81. The van der Waals surface area contributed by atoms with Crippen molar-refractivity contribution >= 4 is 29.4 Å². The third kappa shape index (κ3) is 6.52. The molecular weight excluding hydrogens is 512 g/mol. The third-order valence-electron chi connectivity index (χ3n) is 7.85. The van der Waals surface area contributed by atoms with E-state index in [9.17, 15) is 9.59 Å². The van der Waals surface area contributed by atoms with Gasteiger partial charge in [-0.05, 0) is 78.8 Å². The number of halogens is 1. The van der Waals surface area contributed by atoms with E-state index < -0.39 is 6.03 Å². The van der Waals surface area contributed by atoms with Gasteiger partial charge < -0.3 is 16.4 Å². The van der Waals surface area contributed by atoms with Crippen molar-refractivity contribution in [2.24, 2.45) is 17.6 Å². The Morgan fingerprint density at radius 1 is 0.974 bits per heavy atom. The number of anilines is 1. The molecule has 3 aromatic rings. The molecule has 1 fully saturated rings. The largest absolute Gasteiger partial charge is 0.352 e. The molecule has 0 spiro atoms. The Hall–Kier alpha value is -3.62. The number of hydrogen-bond acceptors (Lipinski definition) is 5. The van der Waals surface area contributed by atoms with E-state index in [-0.39, 0.29) is 22.8 Å². The lowest BCUT2D eigenvalue weighted by Gasteiger charge is -2.28. The molecule has 1 saturated carbocycles. The summed E-state index contributed by atoms with van der Waals surface area (Å²) in [6.07, 6.45) is 7.75. The Balaban J connectivity index is 1.19. The standard InChI is InChI=1S/C30H35ClN6O2/c31-26-15-23(29(38)34-17-20-7-5-6-19(14-20)16-32)18-33-28(26)36-37-30(39)35-27-24-10-3-1-8-21(24)12-13-22-9-2-4-11-25(22)27/h1-4,8-11,15,18-20,27H,5-7,12-14,16-17,32H2,(H,33,36)(H,34,38)(H2,35,37,39). The number of hydrogen-bond donors (Lipinski definition) is 5. The van der Waals surface area contributed by atoms with Gasteiger partial charge in [-0.1, -0.05) is 66.6 Å². The maximum absolute atomic E-state index is 13.0. The van der Waals surface area contributed by atoms with Gasteiger partial charge in [-0.25, -0.2) is 9.78 Å². The van der Waals surface area contributed by atoms with Crippen LogP contribution in [0.3, 0.4) is 0 Å². The van der Waals surface area contributed by atoms with Crippen molar-refractivity contribution in [3.8, 4) is 0 Å². The Bertz CT molecular complexity index is 1280. The second-order valence-electron chi connectivity index (χ2n) is 10.5. The van der Waals surface area contributed by atoms with Crippen LogP contribution in [0, 0.1) is 11.8 Å². The number of benzene rings is 2. The number of fused-ring (bicyclic) bond motifs is 2. The molecule has 0 aliphatic heterocycles. The van der Waals surface area contributed by atoms with Crippen LogP contribution in [0.2, 0.25) is 5.02 Å². The summed E-state index contributed by atoms with van der Waals surface area (Å²) in [5, 5.41) is 6.32. The molecule has 8 nitrogen and oxygen atoms in total. The van der Waals surface area contributed by atoms with E-state index in [2.05, 4.69) is 50.7 Å². The normalized spacial score (nSPS) is 18.7. The SMILES string of the molecule is NCC1CCCC(CNC(=O)c2cnc(NNC(=O)NC3c4ccccc4CCc4ccccc43)c(Cl)c2)C1. The Labute approximate surface area is 234 Å². The van der Waals surface area contributed by atoms with Crippen LogP contribution < -0.4 is 27.2 Å². The zero-order chi connectivity index (χ0) is 27.2. The fourth-order valence-corrected chi connectivity index (χ4v) is 5.97. The van der Waals surface area contributed by atoms with Crippen molar-refractivity contribution in [1.29, 1.82) is 0 Å². The molecule has 6 N–H and O–H groups in total. The number of hydrazine groups is 1. The molecule has 9 heteroatoms. The highest BCUT2D eigenvalue weighted by Gasteiger charge is 2.25. The monoisotopic (exact) mass is 546 g/mol. The highest BCUT2D eigenvalue weighted by molar-refractivity contribution is 6.33. The van der Waals surface area contributed by atoms with E-state index in [1.54, 1.807) is 6.07 Å². The molecule has 2 aliphatic carbocycles. The average molecular weight is 547 g/mol. The average Bonchev–Trinajstić information content (AvgIpc) is 3.12. The van der Waals surface area contributed by atoms with Crippen molar-refractivity contribution in [1.82, 2.24) is 21.0 Å². The minimum atomic E-state index is -0.422. The molecule has 5 rings (SSSR count). The Morgan fingerprint density at radius 2 is 1.64 bits per heavy atom. The summed E-state index contributed by atoms with van der Waals surface area (Å²) in [7, 11) is 0. The molecule has 3 amide bonds. The van der Waals surface area contributed by atoms with Crippen molar-refractivity contribution < 1.29 is 9.59 Å². The van der Waals surface area contributed by atoms with E-state index in [0.717, 1.165) is 43.2 Å². The van der Waals surface area contributed by atoms with E-state index in [4.69, 9.17) is 17.3 Å². The van der Waals surface area contributed by atoms with Crippen molar-refractivity contribution in [2.75, 3.05) is 18.5 Å². The zero-order valence-corrected chi connectivity index (χ0v) is 22.6. The van der Waals surface area contributed by atoms with Crippen LogP contribution in [-0.4, -0.2) is 30.0 Å². The lowest BCUT2D eigenvalue weighted by molar-refractivity contribution is 0.0940. The number of aromatic nitrogens is 1. The maximum atomic E-state index is 13.0. The molecule has 1 aromatic heterocycles. The summed E-state index contributed by atoms with van der Waals surface area (Å²) >= 11 is 6.40. The molecule has 0 saturated heterocycles. The summed E-state index contributed by atoms with van der Waals surface area (Å²) in [6.45, 7) is 1.31. The van der Waals surface area contributed by atoms with Crippen molar-refractivity contribution in [3.05, 3.63) is 93.6 Å². The second-order valence-corrected chi connectivity index (χ2v) is 10.9. The summed E-state index contributed by atoms with van der Waals surface area (Å²) in [6, 6.07) is 17.2. The highest BCUT2D eigenvalue weighted by Crippen LogP contribution is 2.32. The van der Waals surface area contributed by atoms with Crippen LogP contribution in [-0.2, 0) is 12.8 Å². The fraction of sp³-hybridized carbons (Fsp3) is 0.367. The van der Waals surface area contributed by atoms with Gasteiger partial charge in [-0.3, -0.25) is 15.6 Å². The molecule has 2 unspecified atom stereocenters.